The van der Waals surface area contributed by atoms with E-state index in [1.54, 1.807) is 0 Å². The highest BCUT2D eigenvalue weighted by molar-refractivity contribution is 5.96. The second kappa shape index (κ2) is 20.0. The van der Waals surface area contributed by atoms with Crippen LogP contribution in [0.3, 0.4) is 0 Å². The van der Waals surface area contributed by atoms with Crippen LogP contribution in [0.15, 0.2) is 128 Å². The molecule has 3 aliphatic rings. The molecule has 13 heteroatoms. The van der Waals surface area contributed by atoms with Gasteiger partial charge >= 0.3 is 0 Å². The molecule has 0 saturated carbocycles. The molecule has 4 N–H and O–H groups in total. The molecule has 5 aromatic carbocycles. The smallest absolute Gasteiger partial charge is 0.241 e. The summed E-state index contributed by atoms with van der Waals surface area (Å²) in [5.41, 5.74) is 5.71. The number of amides is 2. The minimum absolute atomic E-state index is 0.000850. The second-order valence-electron chi connectivity index (χ2n) is 16.6. The Morgan fingerprint density at radius 1 is 0.631 bits per heavy atom. The molecule has 0 aliphatic carbocycles. The van der Waals surface area contributed by atoms with Gasteiger partial charge in [0.25, 0.3) is 0 Å². The van der Waals surface area contributed by atoms with Crippen molar-refractivity contribution in [2.24, 2.45) is 5.92 Å². The molecule has 13 nitrogen and oxygen atoms in total. The van der Waals surface area contributed by atoms with Crippen LogP contribution >= 0.6 is 0 Å². The van der Waals surface area contributed by atoms with Crippen molar-refractivity contribution in [1.29, 1.82) is 10.5 Å². The summed E-state index contributed by atoms with van der Waals surface area (Å²) in [6, 6.07) is 40.6. The third kappa shape index (κ3) is 10.2. The highest BCUT2D eigenvalue weighted by Gasteiger charge is 2.23. The average Bonchev–Trinajstić information content (AvgIpc) is 4.19. The normalized spacial score (nSPS) is 17.1. The minimum atomic E-state index is -0.116. The number of carbonyl (C=O) groups is 2. The van der Waals surface area contributed by atoms with Crippen LogP contribution in [0.1, 0.15) is 49.7 Å². The minimum Gasteiger partial charge on any atom is -0.457 e. The Labute approximate surface area is 377 Å². The molecule has 0 unspecified atom stereocenters. The van der Waals surface area contributed by atoms with E-state index in [0.29, 0.717) is 40.0 Å². The number of nitrogens with one attached hydrogen (secondary N) is 4. The first-order valence-corrected chi connectivity index (χ1v) is 22.3. The fourth-order valence-electron chi connectivity index (χ4n) is 8.71. The Morgan fingerprint density at radius 2 is 1.14 bits per heavy atom. The molecule has 328 valence electrons. The molecule has 65 heavy (non-hydrogen) atoms. The Hall–Kier alpha value is -7.42. The van der Waals surface area contributed by atoms with E-state index in [4.69, 9.17) is 14.2 Å². The van der Waals surface area contributed by atoms with Gasteiger partial charge in [-0.05, 0) is 155 Å². The summed E-state index contributed by atoms with van der Waals surface area (Å²) < 4.78 is 21.7. The predicted octanol–water partition coefficient (Wildman–Crippen LogP) is 9.41. The van der Waals surface area contributed by atoms with Gasteiger partial charge in [0.1, 0.15) is 35.1 Å². The summed E-state index contributed by atoms with van der Waals surface area (Å²) in [7, 11) is 0. The lowest BCUT2D eigenvalue weighted by atomic mass is 10.0. The topological polar surface area (TPSA) is 167 Å². The van der Waals surface area contributed by atoms with Gasteiger partial charge in [-0.25, -0.2) is 0 Å². The molecule has 7 aromatic rings. The number of rotatable bonds is 11. The monoisotopic (exact) mass is 866 g/mol. The third-order valence-corrected chi connectivity index (χ3v) is 12.2. The zero-order valence-corrected chi connectivity index (χ0v) is 36.0. The van der Waals surface area contributed by atoms with Crippen molar-refractivity contribution in [2.45, 2.75) is 57.2 Å². The van der Waals surface area contributed by atoms with Gasteiger partial charge in [-0.1, -0.05) is 18.2 Å². The summed E-state index contributed by atoms with van der Waals surface area (Å²) in [4.78, 5) is 24.5. The number of para-hydroxylation sites is 1. The van der Waals surface area contributed by atoms with E-state index in [1.165, 1.54) is 0 Å². The molecule has 3 fully saturated rings. The first-order chi connectivity index (χ1) is 31.9. The van der Waals surface area contributed by atoms with Gasteiger partial charge in [0, 0.05) is 65.5 Å². The van der Waals surface area contributed by atoms with E-state index in [2.05, 4.69) is 38.0 Å². The van der Waals surface area contributed by atoms with E-state index in [-0.39, 0.29) is 23.9 Å². The largest absolute Gasteiger partial charge is 0.457 e. The molecule has 0 bridgehead atoms. The lowest BCUT2D eigenvalue weighted by Crippen LogP contribution is -2.35. The standard InChI is InChI=1S/C26H28N4O3.C26H22N4O2/c27-15-19-17-30(16-18-9-12-32-13-10-18)25-8-7-22(14-23(19)25)33-21-5-3-20(4-6-21)29-26(31)24-2-1-11-28-24;27-16-18-17-30(20-5-2-1-3-6-20)25-13-12-22(15-23(18)25)32-21-10-8-19(9-11-21)29-26(31)24-7-4-14-28-24/h3-8,14,17-18,24,28H,1-2,9-13,16H2,(H,29,31);1-3,5-6,8-13,15,17,24,28H,4,7,14H2,(H,29,31)/t2*24-/m00/s1. The van der Waals surface area contributed by atoms with Gasteiger partial charge < -0.3 is 44.6 Å². The number of hydrogen-bond acceptors (Lipinski definition) is 9. The number of aromatic nitrogens is 2. The van der Waals surface area contributed by atoms with Crippen molar-refractivity contribution in [3.05, 3.63) is 139 Å². The van der Waals surface area contributed by atoms with Crippen LogP contribution in [0.2, 0.25) is 0 Å². The molecule has 2 atom stereocenters. The van der Waals surface area contributed by atoms with Crippen LogP contribution in [-0.4, -0.2) is 59.3 Å². The first-order valence-electron chi connectivity index (χ1n) is 22.3. The van der Waals surface area contributed by atoms with Crippen molar-refractivity contribution in [2.75, 3.05) is 36.9 Å². The molecule has 2 aromatic heterocycles. The van der Waals surface area contributed by atoms with Crippen LogP contribution in [0.25, 0.3) is 27.5 Å². The second-order valence-corrected chi connectivity index (χ2v) is 16.6. The molecule has 3 saturated heterocycles. The maximum absolute atomic E-state index is 12.3. The number of benzene rings is 5. The van der Waals surface area contributed by atoms with E-state index in [9.17, 15) is 20.1 Å². The fraction of sp³-hybridized carbons (Fsp3) is 0.269. The maximum atomic E-state index is 12.3. The Bertz CT molecular complexity index is 2860. The van der Waals surface area contributed by atoms with Gasteiger partial charge in [-0.3, -0.25) is 9.59 Å². The number of nitriles is 2. The Balaban J connectivity index is 0.000000164. The number of hydrogen-bond donors (Lipinski definition) is 4. The molecule has 5 heterocycles. The SMILES string of the molecule is N#Cc1cn(-c2ccccc2)c2ccc(Oc3ccc(NC(=O)[C@@H]4CCCN4)cc3)cc12.N#Cc1cn(CC2CCOCC2)c2ccc(Oc3ccc(NC(=O)[C@@H]4CCCN4)cc3)cc12. The van der Waals surface area contributed by atoms with Gasteiger partial charge in [-0.2, -0.15) is 10.5 Å². The predicted molar refractivity (Wildman–Crippen MR) is 251 cm³/mol. The number of fused-ring (bicyclic) bond motifs is 2. The molecule has 2 amide bonds. The molecular formula is C52H50N8O5. The molecule has 3 aliphatic heterocycles. The van der Waals surface area contributed by atoms with Gasteiger partial charge in [0.2, 0.25) is 11.8 Å². The molecular weight excluding hydrogens is 817 g/mol. The van der Waals surface area contributed by atoms with Crippen molar-refractivity contribution in [3.63, 3.8) is 0 Å². The van der Waals surface area contributed by atoms with Crippen LogP contribution in [0, 0.1) is 28.6 Å². The lowest BCUT2D eigenvalue weighted by molar-refractivity contribution is -0.118. The fourth-order valence-corrected chi connectivity index (χ4v) is 8.71. The third-order valence-electron chi connectivity index (χ3n) is 12.2. The molecule has 0 radical (unpaired) electrons. The highest BCUT2D eigenvalue weighted by Crippen LogP contribution is 2.33. The summed E-state index contributed by atoms with van der Waals surface area (Å²) >= 11 is 0. The molecule has 10 rings (SSSR count). The van der Waals surface area contributed by atoms with Crippen molar-refractivity contribution < 1.29 is 23.8 Å². The van der Waals surface area contributed by atoms with Crippen LogP contribution in [0.4, 0.5) is 11.4 Å². The average molecular weight is 867 g/mol. The first kappa shape index (κ1) is 42.9. The van der Waals surface area contributed by atoms with Crippen molar-refractivity contribution in [3.8, 4) is 40.8 Å². The van der Waals surface area contributed by atoms with E-state index in [0.717, 1.165) is 110 Å². The van der Waals surface area contributed by atoms with Crippen LogP contribution in [-0.2, 0) is 20.9 Å². The quantitative estimate of drug-likeness (QED) is 0.0991. The van der Waals surface area contributed by atoms with Crippen molar-refractivity contribution >= 4 is 45.0 Å². The van der Waals surface area contributed by atoms with E-state index >= 15 is 0 Å². The number of anilines is 2. The number of nitrogens with zero attached hydrogens (tertiary/aromatic N) is 4. The zero-order valence-electron chi connectivity index (χ0n) is 36.0. The Morgan fingerprint density at radius 3 is 1.66 bits per heavy atom. The number of ether oxygens (including phenoxy) is 3. The number of carbonyl (C=O) groups excluding carboxylic acids is 2. The highest BCUT2D eigenvalue weighted by atomic mass is 16.5. The summed E-state index contributed by atoms with van der Waals surface area (Å²) in [5.74, 6) is 3.21. The van der Waals surface area contributed by atoms with E-state index in [1.807, 2.05) is 132 Å². The molecule has 0 spiro atoms. The summed E-state index contributed by atoms with van der Waals surface area (Å²) in [5, 5.41) is 33.3. The van der Waals surface area contributed by atoms with E-state index < -0.39 is 0 Å². The van der Waals surface area contributed by atoms with Crippen molar-refractivity contribution in [1.82, 2.24) is 19.8 Å². The lowest BCUT2D eigenvalue weighted by Gasteiger charge is -2.22. The van der Waals surface area contributed by atoms with Crippen LogP contribution in [0.5, 0.6) is 23.0 Å². The van der Waals surface area contributed by atoms with Gasteiger partial charge in [0.05, 0.1) is 28.7 Å². The summed E-state index contributed by atoms with van der Waals surface area (Å²) in [6.45, 7) is 4.30. The van der Waals surface area contributed by atoms with Gasteiger partial charge in [0.15, 0.2) is 0 Å². The summed E-state index contributed by atoms with van der Waals surface area (Å²) in [6.07, 6.45) is 9.69. The van der Waals surface area contributed by atoms with Crippen LogP contribution < -0.4 is 30.7 Å². The Kier molecular flexibility index (Phi) is 13.2. The maximum Gasteiger partial charge on any atom is 0.241 e. The van der Waals surface area contributed by atoms with Gasteiger partial charge in [-0.15, -0.1) is 0 Å². The zero-order chi connectivity index (χ0) is 44.5.